The maximum atomic E-state index is 6.45. The third-order valence-electron chi connectivity index (χ3n) is 4.45. The Hall–Kier alpha value is -0.530. The summed E-state index contributed by atoms with van der Waals surface area (Å²) in [5.41, 5.74) is 4.42. The Kier molecular flexibility index (Phi) is 3.91. The van der Waals surface area contributed by atoms with Crippen molar-refractivity contribution >= 4 is 11.6 Å². The molecule has 3 rings (SSSR count). The van der Waals surface area contributed by atoms with Gasteiger partial charge in [0, 0.05) is 5.02 Å². The third-order valence-corrected chi connectivity index (χ3v) is 4.79. The van der Waals surface area contributed by atoms with Gasteiger partial charge in [0.2, 0.25) is 0 Å². The van der Waals surface area contributed by atoms with E-state index in [2.05, 4.69) is 17.4 Å². The quantitative estimate of drug-likeness (QED) is 0.857. The molecule has 0 aromatic heterocycles. The summed E-state index contributed by atoms with van der Waals surface area (Å²) in [6.45, 7) is 2.37. The van der Waals surface area contributed by atoms with E-state index in [4.69, 9.17) is 11.6 Å². The SMILES string of the molecule is Clc1cc(CC2CCNCC2)cc2c1CCCC2. The summed E-state index contributed by atoms with van der Waals surface area (Å²) in [6, 6.07) is 4.66. The van der Waals surface area contributed by atoms with Crippen molar-refractivity contribution in [2.24, 2.45) is 5.92 Å². The first-order valence-electron chi connectivity index (χ1n) is 7.34. The van der Waals surface area contributed by atoms with Crippen LogP contribution in [0.3, 0.4) is 0 Å². The van der Waals surface area contributed by atoms with Gasteiger partial charge in [-0.3, -0.25) is 0 Å². The average Bonchev–Trinajstić information content (AvgIpc) is 2.40. The van der Waals surface area contributed by atoms with Crippen LogP contribution in [0.4, 0.5) is 0 Å². The number of hydrogen-bond donors (Lipinski definition) is 1. The zero-order valence-electron chi connectivity index (χ0n) is 11.0. The number of fused-ring (bicyclic) bond motifs is 1. The molecule has 1 N–H and O–H groups in total. The lowest BCUT2D eigenvalue weighted by molar-refractivity contribution is 0.372. The van der Waals surface area contributed by atoms with Gasteiger partial charge in [-0.25, -0.2) is 0 Å². The molecule has 0 spiro atoms. The first kappa shape index (κ1) is 12.5. The van der Waals surface area contributed by atoms with Crippen LogP contribution in [0.25, 0.3) is 0 Å². The van der Waals surface area contributed by atoms with Crippen LogP contribution in [-0.4, -0.2) is 13.1 Å². The summed E-state index contributed by atoms with van der Waals surface area (Å²) < 4.78 is 0. The largest absolute Gasteiger partial charge is 0.317 e. The molecule has 1 nitrogen and oxygen atoms in total. The van der Waals surface area contributed by atoms with Gasteiger partial charge < -0.3 is 5.32 Å². The Bertz CT molecular complexity index is 421. The van der Waals surface area contributed by atoms with E-state index in [0.717, 1.165) is 10.9 Å². The van der Waals surface area contributed by atoms with Gasteiger partial charge in [0.05, 0.1) is 0 Å². The minimum atomic E-state index is 0.851. The fraction of sp³-hybridized carbons (Fsp3) is 0.625. The van der Waals surface area contributed by atoms with Crippen molar-refractivity contribution in [1.82, 2.24) is 5.32 Å². The van der Waals surface area contributed by atoms with Crippen molar-refractivity contribution in [2.75, 3.05) is 13.1 Å². The van der Waals surface area contributed by atoms with E-state index in [1.807, 2.05) is 0 Å². The number of halogens is 1. The fourth-order valence-electron chi connectivity index (χ4n) is 3.41. The standard InChI is InChI=1S/C16H22ClN/c17-16-11-13(9-12-5-7-18-8-6-12)10-14-3-1-2-4-15(14)16/h10-12,18H,1-9H2. The molecule has 1 fully saturated rings. The van der Waals surface area contributed by atoms with Crippen LogP contribution < -0.4 is 5.32 Å². The van der Waals surface area contributed by atoms with Crippen LogP contribution in [0.5, 0.6) is 0 Å². The highest BCUT2D eigenvalue weighted by molar-refractivity contribution is 6.31. The molecule has 1 aromatic rings. The molecule has 1 saturated heterocycles. The van der Waals surface area contributed by atoms with Gasteiger partial charge in [0.25, 0.3) is 0 Å². The lowest BCUT2D eigenvalue weighted by Crippen LogP contribution is -2.28. The highest BCUT2D eigenvalue weighted by Gasteiger charge is 2.17. The van der Waals surface area contributed by atoms with E-state index in [-0.39, 0.29) is 0 Å². The van der Waals surface area contributed by atoms with Gasteiger partial charge in [-0.1, -0.05) is 17.7 Å². The van der Waals surface area contributed by atoms with Gasteiger partial charge in [-0.15, -0.1) is 0 Å². The lowest BCUT2D eigenvalue weighted by Gasteiger charge is -2.24. The molecule has 1 aromatic carbocycles. The van der Waals surface area contributed by atoms with E-state index >= 15 is 0 Å². The minimum Gasteiger partial charge on any atom is -0.317 e. The van der Waals surface area contributed by atoms with Crippen molar-refractivity contribution < 1.29 is 0 Å². The summed E-state index contributed by atoms with van der Waals surface area (Å²) in [7, 11) is 0. The monoisotopic (exact) mass is 263 g/mol. The first-order chi connectivity index (χ1) is 8.83. The van der Waals surface area contributed by atoms with Crippen molar-refractivity contribution in [2.45, 2.75) is 44.9 Å². The molecular weight excluding hydrogens is 242 g/mol. The second-order valence-corrected chi connectivity index (χ2v) is 6.23. The number of aryl methyl sites for hydroxylation is 1. The average molecular weight is 264 g/mol. The smallest absolute Gasteiger partial charge is 0.0443 e. The van der Waals surface area contributed by atoms with E-state index in [0.29, 0.717) is 0 Å². The van der Waals surface area contributed by atoms with Crippen LogP contribution >= 0.6 is 11.6 Å². The normalized spacial score (nSPS) is 20.7. The summed E-state index contributed by atoms with van der Waals surface area (Å²) in [4.78, 5) is 0. The van der Waals surface area contributed by atoms with Gasteiger partial charge in [-0.2, -0.15) is 0 Å². The minimum absolute atomic E-state index is 0.851. The molecule has 2 aliphatic rings. The molecule has 0 saturated carbocycles. The molecule has 0 bridgehead atoms. The zero-order chi connectivity index (χ0) is 12.4. The molecule has 1 heterocycles. The molecule has 0 amide bonds. The maximum Gasteiger partial charge on any atom is 0.0443 e. The summed E-state index contributed by atoms with van der Waals surface area (Å²) in [6.07, 6.45) is 8.90. The maximum absolute atomic E-state index is 6.45. The van der Waals surface area contributed by atoms with Crippen LogP contribution in [-0.2, 0) is 19.3 Å². The Labute approximate surface area is 115 Å². The number of piperidine rings is 1. The fourth-order valence-corrected chi connectivity index (χ4v) is 3.77. The van der Waals surface area contributed by atoms with E-state index in [1.165, 1.54) is 74.7 Å². The van der Waals surface area contributed by atoms with Crippen molar-refractivity contribution in [1.29, 1.82) is 0 Å². The molecule has 1 aliphatic heterocycles. The number of rotatable bonds is 2. The molecule has 2 heteroatoms. The van der Waals surface area contributed by atoms with Crippen LogP contribution in [0.1, 0.15) is 42.4 Å². The number of nitrogens with one attached hydrogen (secondary N) is 1. The van der Waals surface area contributed by atoms with Crippen molar-refractivity contribution in [3.63, 3.8) is 0 Å². The van der Waals surface area contributed by atoms with E-state index < -0.39 is 0 Å². The predicted octanol–water partition coefficient (Wildman–Crippen LogP) is 3.76. The molecule has 98 valence electrons. The molecule has 0 unspecified atom stereocenters. The summed E-state index contributed by atoms with van der Waals surface area (Å²) in [5.74, 6) is 0.851. The Morgan fingerprint density at radius 2 is 1.89 bits per heavy atom. The van der Waals surface area contributed by atoms with Crippen LogP contribution in [0.15, 0.2) is 12.1 Å². The molecular formula is C16H22ClN. The zero-order valence-corrected chi connectivity index (χ0v) is 11.7. The second-order valence-electron chi connectivity index (χ2n) is 5.82. The molecule has 0 radical (unpaired) electrons. The van der Waals surface area contributed by atoms with Crippen molar-refractivity contribution in [3.8, 4) is 0 Å². The highest BCUT2D eigenvalue weighted by atomic mass is 35.5. The van der Waals surface area contributed by atoms with Gasteiger partial charge in [0.15, 0.2) is 0 Å². The highest BCUT2D eigenvalue weighted by Crippen LogP contribution is 2.31. The van der Waals surface area contributed by atoms with Crippen LogP contribution in [0, 0.1) is 5.92 Å². The van der Waals surface area contributed by atoms with Crippen LogP contribution in [0.2, 0.25) is 5.02 Å². The topological polar surface area (TPSA) is 12.0 Å². The molecule has 1 aliphatic carbocycles. The van der Waals surface area contributed by atoms with Crippen molar-refractivity contribution in [3.05, 3.63) is 33.8 Å². The Morgan fingerprint density at radius 1 is 1.11 bits per heavy atom. The number of benzene rings is 1. The second kappa shape index (κ2) is 5.63. The predicted molar refractivity (Wildman–Crippen MR) is 77.4 cm³/mol. The molecule has 0 atom stereocenters. The summed E-state index contributed by atoms with van der Waals surface area (Å²) >= 11 is 6.45. The van der Waals surface area contributed by atoms with Gasteiger partial charge >= 0.3 is 0 Å². The Balaban J connectivity index is 1.77. The molecule has 18 heavy (non-hydrogen) atoms. The van der Waals surface area contributed by atoms with Gasteiger partial charge in [0.1, 0.15) is 0 Å². The Morgan fingerprint density at radius 3 is 2.72 bits per heavy atom. The number of hydrogen-bond acceptors (Lipinski definition) is 1. The first-order valence-corrected chi connectivity index (χ1v) is 7.71. The van der Waals surface area contributed by atoms with E-state index in [9.17, 15) is 0 Å². The lowest BCUT2D eigenvalue weighted by atomic mass is 9.86. The van der Waals surface area contributed by atoms with Gasteiger partial charge in [-0.05, 0) is 86.7 Å². The summed E-state index contributed by atoms with van der Waals surface area (Å²) in [5, 5.41) is 4.46. The van der Waals surface area contributed by atoms with E-state index in [1.54, 1.807) is 0 Å². The third kappa shape index (κ3) is 2.73.